The first kappa shape index (κ1) is 27.9. The number of anilines is 1. The van der Waals surface area contributed by atoms with Crippen molar-refractivity contribution in [1.82, 2.24) is 34.9 Å². The summed E-state index contributed by atoms with van der Waals surface area (Å²) in [6, 6.07) is 5.30. The van der Waals surface area contributed by atoms with E-state index in [-0.39, 0.29) is 31.1 Å². The summed E-state index contributed by atoms with van der Waals surface area (Å²) >= 11 is 0. The molecule has 3 N–H and O–H groups in total. The fourth-order valence-corrected chi connectivity index (χ4v) is 7.62. The average Bonchev–Trinajstić information content (AvgIpc) is 3.49. The van der Waals surface area contributed by atoms with Crippen LogP contribution in [0.4, 0.5) is 28.6 Å². The van der Waals surface area contributed by atoms with Crippen LogP contribution >= 0.6 is 0 Å². The number of alkyl halides is 3. The van der Waals surface area contributed by atoms with Gasteiger partial charge < -0.3 is 19.5 Å². The Morgan fingerprint density at radius 1 is 1.13 bits per heavy atom. The van der Waals surface area contributed by atoms with Crippen LogP contribution in [-0.4, -0.2) is 61.0 Å². The van der Waals surface area contributed by atoms with Gasteiger partial charge in [0.15, 0.2) is 0 Å². The molecule has 1 unspecified atom stereocenters. The number of urea groups is 1. The van der Waals surface area contributed by atoms with Crippen LogP contribution in [0.2, 0.25) is 0 Å². The first-order valence-electron chi connectivity index (χ1n) is 15.0. The molecule has 2 fully saturated rings. The Morgan fingerprint density at radius 2 is 1.91 bits per heavy atom. The third kappa shape index (κ3) is 4.06. The lowest BCUT2D eigenvalue weighted by Gasteiger charge is -2.44. The molecule has 4 aromatic rings. The van der Waals surface area contributed by atoms with Gasteiger partial charge in [-0.05, 0) is 55.5 Å². The van der Waals surface area contributed by atoms with E-state index in [2.05, 4.69) is 30.8 Å². The summed E-state index contributed by atoms with van der Waals surface area (Å²) in [6.07, 6.45) is 0.711. The predicted octanol–water partition coefficient (Wildman–Crippen LogP) is 5.14. The lowest BCUT2D eigenvalue weighted by atomic mass is 9.83. The molecule has 234 valence electrons. The van der Waals surface area contributed by atoms with E-state index in [1.807, 2.05) is 26.0 Å². The lowest BCUT2D eigenvalue weighted by molar-refractivity contribution is -0.162. The van der Waals surface area contributed by atoms with Crippen molar-refractivity contribution in [2.45, 2.75) is 75.2 Å². The minimum absolute atomic E-state index is 0.000846. The normalized spacial score (nSPS) is 23.0. The van der Waals surface area contributed by atoms with Gasteiger partial charge in [0.05, 0.1) is 24.0 Å². The molecule has 1 saturated carbocycles. The number of fused-ring (bicyclic) bond motifs is 6. The van der Waals surface area contributed by atoms with Crippen molar-refractivity contribution in [3.63, 3.8) is 0 Å². The standard InChI is InChI=1S/C31H31F3N8O3/c1-17-12-18-13-28(2,39-26(43)41-10-7-30(8-11-41)21-4-3-9-35-24(21)38-27(44)45-30)25-36-15-22(29(5-6-29)31(32,33)34)42(25)16-20(18)19-14-37-40-23(17)19/h3-4,9,12,14-15H,5-8,10-11,13,16H2,1-2H3,(H,37,40)(H,39,43)(H,35,38,44). The van der Waals surface area contributed by atoms with E-state index in [1.54, 1.807) is 27.9 Å². The molecular formula is C31H31F3N8O3. The zero-order chi connectivity index (χ0) is 31.4. The number of likely N-dealkylation sites (tertiary alicyclic amines) is 1. The van der Waals surface area contributed by atoms with Gasteiger partial charge in [-0.2, -0.15) is 18.3 Å². The van der Waals surface area contributed by atoms with Crippen molar-refractivity contribution in [1.29, 1.82) is 0 Å². The van der Waals surface area contributed by atoms with Crippen molar-refractivity contribution < 1.29 is 27.5 Å². The number of piperidine rings is 1. The number of hydrogen-bond acceptors (Lipinski definition) is 6. The van der Waals surface area contributed by atoms with E-state index in [0.29, 0.717) is 44.0 Å². The van der Waals surface area contributed by atoms with Gasteiger partial charge in [0, 0.05) is 55.7 Å². The van der Waals surface area contributed by atoms with Crippen LogP contribution in [0.1, 0.15) is 66.4 Å². The van der Waals surface area contributed by atoms with Crippen LogP contribution in [0.3, 0.4) is 0 Å². The number of halogens is 3. The van der Waals surface area contributed by atoms with Gasteiger partial charge in [-0.1, -0.05) is 6.07 Å². The Kier molecular flexibility index (Phi) is 5.71. The monoisotopic (exact) mass is 620 g/mol. The molecule has 45 heavy (non-hydrogen) atoms. The van der Waals surface area contributed by atoms with Gasteiger partial charge in [-0.25, -0.2) is 19.6 Å². The number of imidazole rings is 1. The van der Waals surface area contributed by atoms with Crippen LogP contribution in [0.15, 0.2) is 36.8 Å². The summed E-state index contributed by atoms with van der Waals surface area (Å²) in [5, 5.41) is 13.9. The van der Waals surface area contributed by atoms with Gasteiger partial charge in [-0.15, -0.1) is 0 Å². The maximum atomic E-state index is 14.4. The number of rotatable bonds is 2. The van der Waals surface area contributed by atoms with Gasteiger partial charge >= 0.3 is 18.3 Å². The highest BCUT2D eigenvalue weighted by Crippen LogP contribution is 2.59. The second-order valence-electron chi connectivity index (χ2n) is 13.0. The summed E-state index contributed by atoms with van der Waals surface area (Å²) in [5.74, 6) is 0.834. The summed E-state index contributed by atoms with van der Waals surface area (Å²) in [6.45, 7) is 4.56. The maximum absolute atomic E-state index is 14.4. The third-order valence-electron chi connectivity index (χ3n) is 10.2. The van der Waals surface area contributed by atoms with Crippen molar-refractivity contribution in [2.24, 2.45) is 0 Å². The quantitative estimate of drug-likeness (QED) is 0.285. The number of carbonyl (C=O) groups is 2. The highest BCUT2D eigenvalue weighted by molar-refractivity contribution is 5.88. The zero-order valence-electron chi connectivity index (χ0n) is 24.7. The SMILES string of the molecule is Cc1cc2c(c3cn[nH]c13)Cn1c(C3(C(F)(F)F)CC3)cnc1C(C)(NC(=O)N1CCC3(CC1)OC(=O)Nc1ncccc13)C2. The van der Waals surface area contributed by atoms with Gasteiger partial charge in [0.2, 0.25) is 0 Å². The summed E-state index contributed by atoms with van der Waals surface area (Å²) < 4.78 is 50.7. The van der Waals surface area contributed by atoms with Crippen molar-refractivity contribution >= 4 is 28.8 Å². The van der Waals surface area contributed by atoms with Crippen LogP contribution in [0.25, 0.3) is 10.9 Å². The average molecular weight is 621 g/mol. The smallest absolute Gasteiger partial charge is 0.413 e. The largest absolute Gasteiger partial charge is 0.437 e. The van der Waals surface area contributed by atoms with Gasteiger partial charge in [-0.3, -0.25) is 10.4 Å². The van der Waals surface area contributed by atoms with E-state index in [0.717, 1.165) is 33.2 Å². The van der Waals surface area contributed by atoms with E-state index in [9.17, 15) is 22.8 Å². The highest BCUT2D eigenvalue weighted by Gasteiger charge is 2.66. The van der Waals surface area contributed by atoms with Crippen LogP contribution in [-0.2, 0) is 34.3 Å². The van der Waals surface area contributed by atoms with E-state index in [1.165, 1.54) is 6.20 Å². The number of benzene rings is 1. The number of H-pyrrole nitrogens is 1. The number of aromatic nitrogens is 5. The molecule has 3 aliphatic heterocycles. The molecule has 8 rings (SSSR count). The van der Waals surface area contributed by atoms with E-state index < -0.39 is 28.8 Å². The van der Waals surface area contributed by atoms with Crippen molar-refractivity contribution in [2.75, 3.05) is 18.4 Å². The minimum Gasteiger partial charge on any atom is -0.437 e. The van der Waals surface area contributed by atoms with Crippen molar-refractivity contribution in [3.8, 4) is 0 Å². The third-order valence-corrected chi connectivity index (χ3v) is 10.2. The van der Waals surface area contributed by atoms with Crippen LogP contribution in [0.5, 0.6) is 0 Å². The predicted molar refractivity (Wildman–Crippen MR) is 156 cm³/mol. The number of hydrogen-bond donors (Lipinski definition) is 3. The van der Waals surface area contributed by atoms with Crippen molar-refractivity contribution in [3.05, 3.63) is 70.6 Å². The molecule has 3 aromatic heterocycles. The molecule has 11 nitrogen and oxygen atoms in total. The summed E-state index contributed by atoms with van der Waals surface area (Å²) in [4.78, 5) is 36.8. The first-order valence-corrected chi connectivity index (χ1v) is 15.0. The highest BCUT2D eigenvalue weighted by atomic mass is 19.4. The number of carbonyl (C=O) groups excluding carboxylic acids is 2. The second kappa shape index (κ2) is 9.21. The topological polar surface area (TPSA) is 130 Å². The molecule has 3 amide bonds. The number of nitrogens with one attached hydrogen (secondary N) is 3. The summed E-state index contributed by atoms with van der Waals surface area (Å²) in [5.41, 5.74) is 0.479. The second-order valence-corrected chi connectivity index (χ2v) is 13.0. The fraction of sp³-hybridized carbons (Fsp3) is 0.452. The van der Waals surface area contributed by atoms with Crippen LogP contribution < -0.4 is 10.6 Å². The summed E-state index contributed by atoms with van der Waals surface area (Å²) in [7, 11) is 0. The van der Waals surface area contributed by atoms with Gasteiger partial charge in [0.1, 0.15) is 28.2 Å². The molecule has 6 heterocycles. The van der Waals surface area contributed by atoms with E-state index >= 15 is 0 Å². The Balaban J connectivity index is 1.14. The molecule has 14 heteroatoms. The van der Waals surface area contributed by atoms with Gasteiger partial charge in [0.25, 0.3) is 0 Å². The molecule has 1 saturated heterocycles. The fourth-order valence-electron chi connectivity index (χ4n) is 7.62. The lowest BCUT2D eigenvalue weighted by Crippen LogP contribution is -2.56. The first-order chi connectivity index (χ1) is 21.4. The Morgan fingerprint density at radius 3 is 2.64 bits per heavy atom. The Labute approximate surface area is 255 Å². The Hall–Kier alpha value is -4.62. The zero-order valence-corrected chi connectivity index (χ0v) is 24.7. The number of nitrogens with zero attached hydrogens (tertiary/aromatic N) is 5. The number of aromatic amines is 1. The molecule has 4 aliphatic rings. The number of aryl methyl sites for hydroxylation is 1. The molecule has 1 aliphatic carbocycles. The number of pyridine rings is 1. The number of ether oxygens (including phenoxy) is 1. The molecule has 1 atom stereocenters. The van der Waals surface area contributed by atoms with E-state index in [4.69, 9.17) is 4.74 Å². The number of amides is 3. The molecular weight excluding hydrogens is 589 g/mol. The van der Waals surface area contributed by atoms with Crippen LogP contribution in [0, 0.1) is 6.92 Å². The maximum Gasteiger partial charge on any atom is 0.413 e. The molecule has 0 radical (unpaired) electrons. The molecule has 0 bridgehead atoms. The molecule has 1 spiro atoms. The molecule has 1 aromatic carbocycles. The minimum atomic E-state index is -4.42. The Bertz CT molecular complexity index is 1890.